The van der Waals surface area contributed by atoms with Crippen LogP contribution in [0.2, 0.25) is 13.1 Å². The third-order valence-corrected chi connectivity index (χ3v) is 5.79. The quantitative estimate of drug-likeness (QED) is 0.711. The van der Waals surface area contributed by atoms with Crippen molar-refractivity contribution < 1.29 is 9.16 Å². The number of nitrogens with zero attached hydrogens (tertiary/aromatic N) is 1. The Labute approximate surface area is 101 Å². The average molecular weight is 245 g/mol. The van der Waals surface area contributed by atoms with E-state index in [1.165, 1.54) is 0 Å². The van der Waals surface area contributed by atoms with Gasteiger partial charge >= 0.3 is 0 Å². The maximum Gasteiger partial charge on any atom is 0.267 e. The molecule has 0 aromatic rings. The molecule has 0 aromatic heterocycles. The predicted octanol–water partition coefficient (Wildman–Crippen LogP) is 2.82. The van der Waals surface area contributed by atoms with Gasteiger partial charge in [-0.2, -0.15) is 0 Å². The molecule has 1 saturated heterocycles. The van der Waals surface area contributed by atoms with Gasteiger partial charge in [0.25, 0.3) is 8.48 Å². The highest BCUT2D eigenvalue weighted by atomic mass is 28.4. The lowest BCUT2D eigenvalue weighted by atomic mass is 10.2. The average Bonchev–Trinajstić information content (AvgIpc) is 2.45. The maximum atomic E-state index is 6.14. The summed E-state index contributed by atoms with van der Waals surface area (Å²) in [5.74, 6) is 0.521. The molecule has 0 amide bonds. The first-order chi connectivity index (χ1) is 7.24. The smallest absolute Gasteiger partial charge is 0.267 e. The highest BCUT2D eigenvalue weighted by Crippen LogP contribution is 2.28. The van der Waals surface area contributed by atoms with Crippen molar-refractivity contribution in [3.05, 3.63) is 0 Å². The molecule has 0 saturated carbocycles. The Kier molecular flexibility index (Phi) is 4.57. The predicted molar refractivity (Wildman–Crippen MR) is 69.6 cm³/mol. The SMILES string of the molecule is CC(C)O[Si](C)(C)N1CC(C)OC1C(C)C. The highest BCUT2D eigenvalue weighted by molar-refractivity contribution is 6.68. The van der Waals surface area contributed by atoms with Crippen molar-refractivity contribution >= 4 is 8.48 Å². The fraction of sp³-hybridized carbons (Fsp3) is 1.00. The highest BCUT2D eigenvalue weighted by Gasteiger charge is 2.44. The molecule has 0 aliphatic carbocycles. The molecule has 2 unspecified atom stereocenters. The normalized spacial score (nSPS) is 28.3. The number of rotatable bonds is 4. The van der Waals surface area contributed by atoms with Crippen LogP contribution in [0.1, 0.15) is 34.6 Å². The topological polar surface area (TPSA) is 21.7 Å². The van der Waals surface area contributed by atoms with E-state index < -0.39 is 8.48 Å². The van der Waals surface area contributed by atoms with Gasteiger partial charge in [0.1, 0.15) is 6.23 Å². The second-order valence-corrected chi connectivity index (χ2v) is 9.55. The van der Waals surface area contributed by atoms with Crippen LogP contribution in [0.25, 0.3) is 0 Å². The minimum absolute atomic E-state index is 0.232. The lowest BCUT2D eigenvalue weighted by Crippen LogP contribution is -2.56. The van der Waals surface area contributed by atoms with Gasteiger partial charge in [0, 0.05) is 12.6 Å². The van der Waals surface area contributed by atoms with Crippen LogP contribution in [0.4, 0.5) is 0 Å². The van der Waals surface area contributed by atoms with Crippen LogP contribution in [-0.4, -0.2) is 38.0 Å². The Bertz CT molecular complexity index is 231. The van der Waals surface area contributed by atoms with Crippen molar-refractivity contribution in [2.75, 3.05) is 6.54 Å². The van der Waals surface area contributed by atoms with Gasteiger partial charge in [-0.1, -0.05) is 13.8 Å². The molecule has 0 aromatic carbocycles. The largest absolute Gasteiger partial charge is 0.401 e. The minimum Gasteiger partial charge on any atom is -0.401 e. The molecule has 0 bridgehead atoms. The van der Waals surface area contributed by atoms with Crippen molar-refractivity contribution in [3.63, 3.8) is 0 Å². The number of hydrogen-bond acceptors (Lipinski definition) is 3. The van der Waals surface area contributed by atoms with E-state index in [0.29, 0.717) is 18.1 Å². The van der Waals surface area contributed by atoms with Crippen LogP contribution in [0, 0.1) is 5.92 Å². The van der Waals surface area contributed by atoms with Crippen LogP contribution in [0.3, 0.4) is 0 Å². The summed E-state index contributed by atoms with van der Waals surface area (Å²) in [4.78, 5) is 0. The van der Waals surface area contributed by atoms with Crippen molar-refractivity contribution in [2.24, 2.45) is 5.92 Å². The van der Waals surface area contributed by atoms with E-state index in [0.717, 1.165) is 6.54 Å². The Morgan fingerprint density at radius 3 is 2.25 bits per heavy atom. The summed E-state index contributed by atoms with van der Waals surface area (Å²) in [5, 5.41) is 0. The Hall–Kier alpha value is 0.0969. The second-order valence-electron chi connectivity index (χ2n) is 5.85. The minimum atomic E-state index is -1.79. The first-order valence-electron chi connectivity index (χ1n) is 6.34. The number of hydrogen-bond donors (Lipinski definition) is 0. The summed E-state index contributed by atoms with van der Waals surface area (Å²) >= 11 is 0. The molecular formula is C12H27NO2Si. The summed E-state index contributed by atoms with van der Waals surface area (Å²) in [6, 6.07) is 0. The van der Waals surface area contributed by atoms with Crippen LogP contribution in [0.15, 0.2) is 0 Å². The zero-order valence-electron chi connectivity index (χ0n) is 11.8. The molecule has 0 spiro atoms. The third-order valence-electron chi connectivity index (χ3n) is 2.92. The van der Waals surface area contributed by atoms with Crippen molar-refractivity contribution in [1.29, 1.82) is 0 Å². The van der Waals surface area contributed by atoms with E-state index in [-0.39, 0.29) is 6.23 Å². The van der Waals surface area contributed by atoms with E-state index in [1.54, 1.807) is 0 Å². The van der Waals surface area contributed by atoms with Gasteiger partial charge in [0.05, 0.1) is 6.10 Å². The van der Waals surface area contributed by atoms with Gasteiger partial charge in [-0.15, -0.1) is 0 Å². The van der Waals surface area contributed by atoms with Gasteiger partial charge in [0.2, 0.25) is 0 Å². The molecule has 1 heterocycles. The van der Waals surface area contributed by atoms with E-state index in [9.17, 15) is 0 Å². The van der Waals surface area contributed by atoms with Gasteiger partial charge in [-0.05, 0) is 39.8 Å². The molecule has 2 atom stereocenters. The molecule has 1 fully saturated rings. The van der Waals surface area contributed by atoms with Crippen LogP contribution < -0.4 is 0 Å². The molecule has 0 N–H and O–H groups in total. The summed E-state index contributed by atoms with van der Waals surface area (Å²) in [6.45, 7) is 16.3. The maximum absolute atomic E-state index is 6.14. The molecule has 3 nitrogen and oxygen atoms in total. The zero-order valence-corrected chi connectivity index (χ0v) is 12.8. The fourth-order valence-electron chi connectivity index (χ4n) is 2.42. The Morgan fingerprint density at radius 1 is 1.25 bits per heavy atom. The molecule has 1 aliphatic heterocycles. The third kappa shape index (κ3) is 3.29. The van der Waals surface area contributed by atoms with Gasteiger partial charge in [-0.25, -0.2) is 0 Å². The molecular weight excluding hydrogens is 218 g/mol. The van der Waals surface area contributed by atoms with Crippen LogP contribution in [0.5, 0.6) is 0 Å². The van der Waals surface area contributed by atoms with E-state index in [2.05, 4.69) is 52.3 Å². The summed E-state index contributed by atoms with van der Waals surface area (Å²) in [5.41, 5.74) is 0. The van der Waals surface area contributed by atoms with E-state index >= 15 is 0 Å². The first-order valence-corrected chi connectivity index (χ1v) is 9.19. The first kappa shape index (κ1) is 14.2. The zero-order chi connectivity index (χ0) is 12.5. The van der Waals surface area contributed by atoms with Gasteiger partial charge in [0.15, 0.2) is 0 Å². The standard InChI is InChI=1S/C12H27NO2Si/c1-9(2)12-13(8-11(5)14-12)16(6,7)15-10(3)4/h9-12H,8H2,1-7H3. The van der Waals surface area contributed by atoms with E-state index in [1.807, 2.05) is 0 Å². The van der Waals surface area contributed by atoms with Crippen molar-refractivity contribution in [2.45, 2.75) is 66.1 Å². The molecule has 4 heteroatoms. The van der Waals surface area contributed by atoms with Crippen molar-refractivity contribution in [1.82, 2.24) is 4.57 Å². The fourth-order valence-corrected chi connectivity index (χ4v) is 5.38. The summed E-state index contributed by atoms with van der Waals surface area (Å²) < 4.78 is 14.6. The molecule has 96 valence electrons. The Balaban J connectivity index is 2.76. The van der Waals surface area contributed by atoms with Gasteiger partial charge in [-0.3, -0.25) is 4.57 Å². The van der Waals surface area contributed by atoms with Crippen LogP contribution in [-0.2, 0) is 9.16 Å². The molecule has 0 radical (unpaired) electrons. The van der Waals surface area contributed by atoms with E-state index in [4.69, 9.17) is 9.16 Å². The Morgan fingerprint density at radius 2 is 1.81 bits per heavy atom. The van der Waals surface area contributed by atoms with Gasteiger partial charge < -0.3 is 9.16 Å². The monoisotopic (exact) mass is 245 g/mol. The lowest BCUT2D eigenvalue weighted by Gasteiger charge is -2.38. The summed E-state index contributed by atoms with van der Waals surface area (Å²) in [7, 11) is -1.79. The molecule has 16 heavy (non-hydrogen) atoms. The van der Waals surface area contributed by atoms with Crippen molar-refractivity contribution in [3.8, 4) is 0 Å². The summed E-state index contributed by atoms with van der Waals surface area (Å²) in [6.07, 6.45) is 0.857. The molecule has 1 aliphatic rings. The number of ether oxygens (including phenoxy) is 1. The molecule has 1 rings (SSSR count). The van der Waals surface area contributed by atoms with Crippen LogP contribution >= 0.6 is 0 Å². The second kappa shape index (κ2) is 5.17. The lowest BCUT2D eigenvalue weighted by molar-refractivity contribution is -0.0109.